The molecule has 0 aromatic carbocycles. The predicted octanol–water partition coefficient (Wildman–Crippen LogP) is 7.15. The summed E-state index contributed by atoms with van der Waals surface area (Å²) in [4.78, 5) is 28.4. The van der Waals surface area contributed by atoms with Crippen LogP contribution < -0.4 is 9.62 Å². The number of fused-ring (bicyclic) bond motifs is 1. The zero-order valence-electron chi connectivity index (χ0n) is 22.0. The van der Waals surface area contributed by atoms with Gasteiger partial charge in [-0.2, -0.15) is 0 Å². The van der Waals surface area contributed by atoms with Gasteiger partial charge in [0.05, 0.1) is 22.3 Å². The van der Waals surface area contributed by atoms with Gasteiger partial charge in [-0.3, -0.25) is 9.78 Å². The van der Waals surface area contributed by atoms with Crippen molar-refractivity contribution in [3.8, 4) is 11.3 Å². The zero-order chi connectivity index (χ0) is 26.8. The van der Waals surface area contributed by atoms with E-state index in [4.69, 9.17) is 21.6 Å². The number of nitrogens with one attached hydrogen (secondary N) is 1. The van der Waals surface area contributed by atoms with Crippen LogP contribution in [0.15, 0.2) is 53.7 Å². The van der Waals surface area contributed by atoms with Crippen LogP contribution in [0.5, 0.6) is 0 Å². The third kappa shape index (κ3) is 5.34. The zero-order valence-corrected chi connectivity index (χ0v) is 23.5. The van der Waals surface area contributed by atoms with E-state index in [1.807, 2.05) is 42.5 Å². The van der Waals surface area contributed by atoms with Gasteiger partial charge in [0.15, 0.2) is 0 Å². The molecular formula is C29H34ClN5O2S. The number of hydrogen-bond acceptors (Lipinski definition) is 7. The lowest BCUT2D eigenvalue weighted by Gasteiger charge is -2.56. The van der Waals surface area contributed by atoms with E-state index < -0.39 is 5.97 Å². The standard InChI is InChI=1S/C29H34ClN5O2S/c1-4-7-18-13-15-35(22-16-20(26(18)22)29(36)37)24-9-5-10-25(33-24)38-34-23-12-11-21(30)28(32-23)19-8-6-14-31-27(19)17(2)3/h5-6,8-12,14,17-18,20,22,26H,4,7,13,15-16H2,1-3H3,(H,32,34)(H,36,37). The van der Waals surface area contributed by atoms with Crippen LogP contribution >= 0.6 is 23.5 Å². The molecule has 4 atom stereocenters. The highest BCUT2D eigenvalue weighted by Gasteiger charge is 2.53. The van der Waals surface area contributed by atoms with E-state index in [2.05, 4.69) is 35.4 Å². The molecule has 4 heterocycles. The maximum Gasteiger partial charge on any atom is 0.306 e. The second kappa shape index (κ2) is 11.5. The van der Waals surface area contributed by atoms with Crippen molar-refractivity contribution in [3.63, 3.8) is 0 Å². The van der Waals surface area contributed by atoms with Crippen LogP contribution in [0.3, 0.4) is 0 Å². The first-order valence-electron chi connectivity index (χ1n) is 13.4. The highest BCUT2D eigenvalue weighted by atomic mass is 35.5. The SMILES string of the molecule is CCCC1CCN(c2cccc(SNc3ccc(Cl)c(-c4cccnc4C(C)C)n3)n2)C2CC(C(=O)O)C12. The average molecular weight is 552 g/mol. The molecule has 1 aliphatic heterocycles. The molecule has 5 rings (SSSR count). The summed E-state index contributed by atoms with van der Waals surface area (Å²) >= 11 is 7.95. The molecule has 3 aromatic heterocycles. The van der Waals surface area contributed by atoms with Crippen molar-refractivity contribution >= 4 is 41.2 Å². The maximum atomic E-state index is 11.8. The summed E-state index contributed by atoms with van der Waals surface area (Å²) in [7, 11) is 0. The molecule has 2 aliphatic rings. The van der Waals surface area contributed by atoms with E-state index in [0.717, 1.165) is 47.9 Å². The lowest BCUT2D eigenvalue weighted by Crippen LogP contribution is -2.61. The third-order valence-electron chi connectivity index (χ3n) is 7.82. The van der Waals surface area contributed by atoms with Gasteiger partial charge in [-0.15, -0.1) is 0 Å². The number of carboxylic acid groups (broad SMARTS) is 1. The Hall–Kier alpha value is -2.84. The number of nitrogens with zero attached hydrogens (tertiary/aromatic N) is 4. The number of halogens is 1. The topological polar surface area (TPSA) is 91.2 Å². The number of piperidine rings is 1. The molecule has 1 saturated heterocycles. The molecule has 3 aromatic rings. The number of aliphatic carboxylic acids is 1. The quantitative estimate of drug-likeness (QED) is 0.271. The summed E-state index contributed by atoms with van der Waals surface area (Å²) in [6, 6.07) is 13.9. The first kappa shape index (κ1) is 26.8. The Morgan fingerprint density at radius 1 is 1.21 bits per heavy atom. The molecule has 4 unspecified atom stereocenters. The highest BCUT2D eigenvalue weighted by Crippen LogP contribution is 2.50. The summed E-state index contributed by atoms with van der Waals surface area (Å²) in [6.07, 6.45) is 5.70. The molecule has 200 valence electrons. The lowest BCUT2D eigenvalue weighted by molar-refractivity contribution is -0.152. The monoisotopic (exact) mass is 551 g/mol. The normalized spacial score (nSPS) is 22.6. The molecule has 0 spiro atoms. The molecule has 2 N–H and O–H groups in total. The summed E-state index contributed by atoms with van der Waals surface area (Å²) in [5, 5.41) is 11.1. The molecular weight excluding hydrogens is 518 g/mol. The largest absolute Gasteiger partial charge is 0.481 e. The Morgan fingerprint density at radius 2 is 2.05 bits per heavy atom. The van der Waals surface area contributed by atoms with Crippen LogP contribution in [0, 0.1) is 17.8 Å². The number of carbonyl (C=O) groups is 1. The van der Waals surface area contributed by atoms with Crippen LogP contribution in [0.1, 0.15) is 58.1 Å². The number of hydrogen-bond donors (Lipinski definition) is 2. The third-order valence-corrected chi connectivity index (χ3v) is 8.87. The molecule has 0 amide bonds. The number of rotatable bonds is 9. The Kier molecular flexibility index (Phi) is 8.09. The van der Waals surface area contributed by atoms with E-state index >= 15 is 0 Å². The van der Waals surface area contributed by atoms with Crippen LogP contribution in [0.4, 0.5) is 11.6 Å². The van der Waals surface area contributed by atoms with Crippen LogP contribution in [0.2, 0.25) is 5.02 Å². The summed E-state index contributed by atoms with van der Waals surface area (Å²) in [5.74, 6) is 1.64. The second-order valence-corrected chi connectivity index (χ2v) is 11.7. The summed E-state index contributed by atoms with van der Waals surface area (Å²) in [6.45, 7) is 7.31. The fraction of sp³-hybridized carbons (Fsp3) is 0.448. The van der Waals surface area contributed by atoms with Gasteiger partial charge in [-0.25, -0.2) is 9.97 Å². The van der Waals surface area contributed by atoms with Crippen molar-refractivity contribution in [3.05, 3.63) is 59.4 Å². The smallest absolute Gasteiger partial charge is 0.306 e. The van der Waals surface area contributed by atoms with Crippen molar-refractivity contribution in [2.24, 2.45) is 17.8 Å². The van der Waals surface area contributed by atoms with E-state index in [0.29, 0.717) is 28.9 Å². The van der Waals surface area contributed by atoms with Crippen molar-refractivity contribution in [2.45, 2.75) is 63.4 Å². The summed E-state index contributed by atoms with van der Waals surface area (Å²) in [5.41, 5.74) is 2.60. The van der Waals surface area contributed by atoms with Gasteiger partial charge < -0.3 is 14.7 Å². The van der Waals surface area contributed by atoms with Crippen molar-refractivity contribution in [2.75, 3.05) is 16.2 Å². The van der Waals surface area contributed by atoms with E-state index in [-0.39, 0.29) is 23.8 Å². The molecule has 2 fully saturated rings. The highest BCUT2D eigenvalue weighted by molar-refractivity contribution is 8.00. The number of pyridine rings is 3. The molecule has 1 saturated carbocycles. The summed E-state index contributed by atoms with van der Waals surface area (Å²) < 4.78 is 3.32. The van der Waals surface area contributed by atoms with Crippen molar-refractivity contribution < 1.29 is 9.90 Å². The van der Waals surface area contributed by atoms with Crippen LogP contribution in [-0.4, -0.2) is 38.6 Å². The van der Waals surface area contributed by atoms with Crippen molar-refractivity contribution in [1.29, 1.82) is 0 Å². The molecule has 0 radical (unpaired) electrons. The maximum absolute atomic E-state index is 11.8. The first-order chi connectivity index (χ1) is 18.4. The van der Waals surface area contributed by atoms with Gasteiger partial charge in [-0.1, -0.05) is 51.3 Å². The minimum absolute atomic E-state index is 0.206. The van der Waals surface area contributed by atoms with E-state index in [9.17, 15) is 9.90 Å². The van der Waals surface area contributed by atoms with E-state index in [1.165, 1.54) is 11.9 Å². The average Bonchev–Trinajstić information content (AvgIpc) is 2.89. The van der Waals surface area contributed by atoms with Crippen molar-refractivity contribution in [1.82, 2.24) is 15.0 Å². The Morgan fingerprint density at radius 3 is 2.82 bits per heavy atom. The van der Waals surface area contributed by atoms with Gasteiger partial charge in [0, 0.05) is 36.3 Å². The molecule has 38 heavy (non-hydrogen) atoms. The Labute approximate surface area is 233 Å². The lowest BCUT2D eigenvalue weighted by atomic mass is 9.59. The van der Waals surface area contributed by atoms with Crippen LogP contribution in [-0.2, 0) is 4.79 Å². The molecule has 1 aliphatic carbocycles. The van der Waals surface area contributed by atoms with Gasteiger partial charge in [0.1, 0.15) is 16.7 Å². The predicted molar refractivity (Wildman–Crippen MR) is 154 cm³/mol. The van der Waals surface area contributed by atoms with E-state index in [1.54, 1.807) is 6.20 Å². The van der Waals surface area contributed by atoms with Crippen LogP contribution in [0.25, 0.3) is 11.3 Å². The minimum Gasteiger partial charge on any atom is -0.481 e. The van der Waals surface area contributed by atoms with Gasteiger partial charge >= 0.3 is 5.97 Å². The Bertz CT molecular complexity index is 1310. The van der Waals surface area contributed by atoms with Gasteiger partial charge in [0.25, 0.3) is 0 Å². The number of anilines is 2. The Balaban J connectivity index is 1.31. The van der Waals surface area contributed by atoms with Gasteiger partial charge in [-0.05, 0) is 67.0 Å². The minimum atomic E-state index is -0.655. The second-order valence-electron chi connectivity index (χ2n) is 10.5. The first-order valence-corrected chi connectivity index (χ1v) is 14.6. The molecule has 0 bridgehead atoms. The number of aromatic nitrogens is 3. The number of carboxylic acids is 1. The van der Waals surface area contributed by atoms with Gasteiger partial charge in [0.2, 0.25) is 0 Å². The fourth-order valence-corrected chi connectivity index (χ4v) is 6.85. The molecule has 9 heteroatoms. The molecule has 7 nitrogen and oxygen atoms in total. The fourth-order valence-electron chi connectivity index (χ4n) is 6.04.